The summed E-state index contributed by atoms with van der Waals surface area (Å²) in [5.74, 6) is 0. The summed E-state index contributed by atoms with van der Waals surface area (Å²) < 4.78 is 2.00. The highest BCUT2D eigenvalue weighted by Crippen LogP contribution is 2.13. The molecule has 0 unspecified atom stereocenters. The van der Waals surface area contributed by atoms with Crippen LogP contribution in [-0.4, -0.2) is 14.8 Å². The molecular weight excluding hydrogens is 248 g/mol. The molecule has 4 heteroatoms. The van der Waals surface area contributed by atoms with Crippen LogP contribution in [0.15, 0.2) is 30.7 Å². The summed E-state index contributed by atoms with van der Waals surface area (Å²) in [6.07, 6.45) is 6.91. The molecule has 0 aliphatic carbocycles. The molecule has 0 atom stereocenters. The Balaban J connectivity index is 1.91. The molecule has 2 aromatic heterocycles. The van der Waals surface area contributed by atoms with Crippen LogP contribution in [0.3, 0.4) is 0 Å². The smallest absolute Gasteiger partial charge is 0.0573 e. The van der Waals surface area contributed by atoms with Gasteiger partial charge in [0.25, 0.3) is 0 Å². The van der Waals surface area contributed by atoms with Crippen LogP contribution in [-0.2, 0) is 25.0 Å². The average Bonchev–Trinajstić information content (AvgIpc) is 2.88. The average molecular weight is 272 g/mol. The predicted octanol–water partition coefficient (Wildman–Crippen LogP) is 2.89. The molecule has 0 aliphatic rings. The summed E-state index contributed by atoms with van der Waals surface area (Å²) in [7, 11) is 0. The molecule has 0 amide bonds. The molecule has 0 saturated heterocycles. The number of rotatable bonds is 5. The van der Waals surface area contributed by atoms with E-state index in [0.29, 0.717) is 0 Å². The Morgan fingerprint density at radius 1 is 1.25 bits per heavy atom. The van der Waals surface area contributed by atoms with E-state index in [9.17, 15) is 0 Å². The predicted molar refractivity (Wildman–Crippen MR) is 81.4 cm³/mol. The van der Waals surface area contributed by atoms with E-state index < -0.39 is 0 Å². The Labute approximate surface area is 121 Å². The Bertz CT molecular complexity index is 552. The van der Waals surface area contributed by atoms with Gasteiger partial charge in [-0.05, 0) is 38.8 Å². The molecule has 20 heavy (non-hydrogen) atoms. The summed E-state index contributed by atoms with van der Waals surface area (Å²) >= 11 is 0. The molecule has 0 saturated carbocycles. The minimum atomic E-state index is 0.0363. The Kier molecular flexibility index (Phi) is 4.55. The highest BCUT2D eigenvalue weighted by molar-refractivity contribution is 5.19. The van der Waals surface area contributed by atoms with E-state index in [1.165, 1.54) is 11.1 Å². The number of hydrogen-bond acceptors (Lipinski definition) is 3. The van der Waals surface area contributed by atoms with E-state index in [-0.39, 0.29) is 5.54 Å². The van der Waals surface area contributed by atoms with Crippen LogP contribution >= 0.6 is 0 Å². The van der Waals surface area contributed by atoms with Crippen molar-refractivity contribution in [3.05, 3.63) is 47.5 Å². The zero-order valence-corrected chi connectivity index (χ0v) is 12.8. The number of aromatic nitrogens is 3. The van der Waals surface area contributed by atoms with E-state index in [1.807, 2.05) is 23.1 Å². The second-order valence-corrected chi connectivity index (χ2v) is 6.03. The van der Waals surface area contributed by atoms with Gasteiger partial charge in [0.15, 0.2) is 0 Å². The van der Waals surface area contributed by atoms with Crippen molar-refractivity contribution >= 4 is 0 Å². The van der Waals surface area contributed by atoms with Gasteiger partial charge < -0.3 is 5.32 Å². The zero-order valence-electron chi connectivity index (χ0n) is 12.8. The van der Waals surface area contributed by atoms with Crippen molar-refractivity contribution in [1.29, 1.82) is 0 Å². The number of hydrogen-bond donors (Lipinski definition) is 1. The lowest BCUT2D eigenvalue weighted by atomic mass is 10.1. The molecule has 2 rings (SSSR count). The summed E-state index contributed by atoms with van der Waals surface area (Å²) in [4.78, 5) is 4.44. The minimum Gasteiger partial charge on any atom is -0.307 e. The topological polar surface area (TPSA) is 42.7 Å². The first kappa shape index (κ1) is 14.7. The quantitative estimate of drug-likeness (QED) is 0.910. The van der Waals surface area contributed by atoms with Crippen molar-refractivity contribution in [2.75, 3.05) is 0 Å². The van der Waals surface area contributed by atoms with Gasteiger partial charge in [-0.25, -0.2) is 0 Å². The normalized spacial score (nSPS) is 11.8. The van der Waals surface area contributed by atoms with Crippen LogP contribution < -0.4 is 5.32 Å². The fourth-order valence-electron chi connectivity index (χ4n) is 2.10. The highest BCUT2D eigenvalue weighted by atomic mass is 15.3. The number of nitrogens with one attached hydrogen (secondary N) is 1. The van der Waals surface area contributed by atoms with Gasteiger partial charge in [0.1, 0.15) is 0 Å². The van der Waals surface area contributed by atoms with Crippen LogP contribution in [0.25, 0.3) is 0 Å². The molecule has 4 nitrogen and oxygen atoms in total. The van der Waals surface area contributed by atoms with Crippen LogP contribution in [0.4, 0.5) is 0 Å². The first-order valence-corrected chi connectivity index (χ1v) is 7.18. The lowest BCUT2D eigenvalue weighted by Crippen LogP contribution is -2.22. The van der Waals surface area contributed by atoms with Gasteiger partial charge in [-0.15, -0.1) is 0 Å². The molecule has 0 fully saturated rings. The maximum atomic E-state index is 4.44. The van der Waals surface area contributed by atoms with E-state index >= 15 is 0 Å². The van der Waals surface area contributed by atoms with Gasteiger partial charge in [-0.1, -0.05) is 13.0 Å². The third-order valence-electron chi connectivity index (χ3n) is 3.31. The van der Waals surface area contributed by atoms with E-state index in [0.717, 1.165) is 25.2 Å². The zero-order chi connectivity index (χ0) is 14.6. The standard InChI is InChI=1S/C16H24N4/c1-5-14-7-6-8-18-15(14)11-17-9-13-10-19-20(12-13)16(2,3)4/h6-8,10,12,17H,5,9,11H2,1-4H3. The van der Waals surface area contributed by atoms with Crippen molar-refractivity contribution in [2.45, 2.75) is 52.7 Å². The highest BCUT2D eigenvalue weighted by Gasteiger charge is 2.13. The number of aryl methyl sites for hydroxylation is 1. The molecule has 2 heterocycles. The van der Waals surface area contributed by atoms with Gasteiger partial charge in [-0.2, -0.15) is 5.10 Å². The molecule has 1 N–H and O–H groups in total. The van der Waals surface area contributed by atoms with E-state index in [4.69, 9.17) is 0 Å². The summed E-state index contributed by atoms with van der Waals surface area (Å²) in [5, 5.41) is 7.85. The second-order valence-electron chi connectivity index (χ2n) is 6.03. The fraction of sp³-hybridized carbons (Fsp3) is 0.500. The van der Waals surface area contributed by atoms with Crippen LogP contribution in [0.5, 0.6) is 0 Å². The summed E-state index contributed by atoms with van der Waals surface area (Å²) in [6.45, 7) is 10.2. The maximum Gasteiger partial charge on any atom is 0.0573 e. The molecule has 0 spiro atoms. The maximum absolute atomic E-state index is 4.44. The van der Waals surface area contributed by atoms with E-state index in [1.54, 1.807) is 0 Å². The third kappa shape index (κ3) is 3.67. The lowest BCUT2D eigenvalue weighted by molar-refractivity contribution is 0.355. The van der Waals surface area contributed by atoms with Gasteiger partial charge in [0, 0.05) is 31.0 Å². The van der Waals surface area contributed by atoms with Crippen molar-refractivity contribution < 1.29 is 0 Å². The Morgan fingerprint density at radius 3 is 2.70 bits per heavy atom. The minimum absolute atomic E-state index is 0.0363. The third-order valence-corrected chi connectivity index (χ3v) is 3.31. The molecular formula is C16H24N4. The molecule has 2 aromatic rings. The largest absolute Gasteiger partial charge is 0.307 e. The molecule has 0 aromatic carbocycles. The lowest BCUT2D eigenvalue weighted by Gasteiger charge is -2.18. The molecule has 0 radical (unpaired) electrons. The number of pyridine rings is 1. The Morgan fingerprint density at radius 2 is 2.05 bits per heavy atom. The van der Waals surface area contributed by atoms with Gasteiger partial charge >= 0.3 is 0 Å². The SMILES string of the molecule is CCc1cccnc1CNCc1cnn(C(C)(C)C)c1. The van der Waals surface area contributed by atoms with E-state index in [2.05, 4.69) is 55.4 Å². The monoisotopic (exact) mass is 272 g/mol. The van der Waals surface area contributed by atoms with Crippen molar-refractivity contribution in [3.8, 4) is 0 Å². The Hall–Kier alpha value is -1.68. The van der Waals surface area contributed by atoms with Gasteiger partial charge in [-0.3, -0.25) is 9.67 Å². The van der Waals surface area contributed by atoms with Crippen LogP contribution in [0.1, 0.15) is 44.5 Å². The van der Waals surface area contributed by atoms with Crippen LogP contribution in [0.2, 0.25) is 0 Å². The second kappa shape index (κ2) is 6.18. The first-order chi connectivity index (χ1) is 9.50. The summed E-state index contributed by atoms with van der Waals surface area (Å²) in [6, 6.07) is 4.14. The fourth-order valence-corrected chi connectivity index (χ4v) is 2.10. The molecule has 0 aliphatic heterocycles. The molecule has 108 valence electrons. The van der Waals surface area contributed by atoms with Crippen molar-refractivity contribution in [1.82, 2.24) is 20.1 Å². The van der Waals surface area contributed by atoms with Crippen molar-refractivity contribution in [2.24, 2.45) is 0 Å². The van der Waals surface area contributed by atoms with Crippen molar-refractivity contribution in [3.63, 3.8) is 0 Å². The first-order valence-electron chi connectivity index (χ1n) is 7.18. The molecule has 0 bridgehead atoms. The van der Waals surface area contributed by atoms with Gasteiger partial charge in [0.2, 0.25) is 0 Å². The van der Waals surface area contributed by atoms with Gasteiger partial charge in [0.05, 0.1) is 17.4 Å². The van der Waals surface area contributed by atoms with Crippen LogP contribution in [0, 0.1) is 0 Å². The number of nitrogens with zero attached hydrogens (tertiary/aromatic N) is 3. The summed E-state index contributed by atoms with van der Waals surface area (Å²) in [5.41, 5.74) is 3.69.